The van der Waals surface area contributed by atoms with Gasteiger partial charge < -0.3 is 4.90 Å². The molecule has 1 aliphatic carbocycles. The van der Waals surface area contributed by atoms with Crippen molar-refractivity contribution in [3.05, 3.63) is 59.2 Å². The lowest BCUT2D eigenvalue weighted by atomic mass is 9.90. The first-order valence-corrected chi connectivity index (χ1v) is 9.38. The van der Waals surface area contributed by atoms with Gasteiger partial charge in [0.1, 0.15) is 11.5 Å². The van der Waals surface area contributed by atoms with Crippen molar-refractivity contribution in [2.45, 2.75) is 44.9 Å². The molecule has 1 saturated carbocycles. The Morgan fingerprint density at radius 2 is 1.80 bits per heavy atom. The van der Waals surface area contributed by atoms with Gasteiger partial charge in [-0.05, 0) is 56.6 Å². The predicted molar refractivity (Wildman–Crippen MR) is 97.5 cm³/mol. The normalized spacial score (nSPS) is 18.4. The van der Waals surface area contributed by atoms with Gasteiger partial charge in [-0.25, -0.2) is 9.97 Å². The molecule has 4 nitrogen and oxygen atoms in total. The molecule has 0 N–H and O–H groups in total. The molecule has 2 aliphatic rings. The highest BCUT2D eigenvalue weighted by Gasteiger charge is 2.29. The van der Waals surface area contributed by atoms with Gasteiger partial charge in [0.15, 0.2) is 0 Å². The van der Waals surface area contributed by atoms with E-state index in [1.54, 1.807) is 0 Å². The van der Waals surface area contributed by atoms with Crippen LogP contribution in [-0.4, -0.2) is 33.9 Å². The lowest BCUT2D eigenvalue weighted by Crippen LogP contribution is -2.39. The van der Waals surface area contributed by atoms with E-state index in [1.807, 2.05) is 17.9 Å². The van der Waals surface area contributed by atoms with Crippen LogP contribution in [-0.2, 0) is 6.42 Å². The van der Waals surface area contributed by atoms with Crippen LogP contribution in [0.2, 0.25) is 0 Å². The van der Waals surface area contributed by atoms with Crippen LogP contribution in [0.3, 0.4) is 0 Å². The Hall–Kier alpha value is -2.23. The second-order valence-electron chi connectivity index (χ2n) is 7.45. The Morgan fingerprint density at radius 3 is 2.48 bits per heavy atom. The minimum absolute atomic E-state index is 0.0746. The van der Waals surface area contributed by atoms with E-state index < -0.39 is 0 Å². The van der Waals surface area contributed by atoms with E-state index in [-0.39, 0.29) is 5.91 Å². The smallest absolute Gasteiger partial charge is 0.272 e. The van der Waals surface area contributed by atoms with Crippen LogP contribution in [0.4, 0.5) is 0 Å². The summed E-state index contributed by atoms with van der Waals surface area (Å²) in [6.45, 7) is 3.62. The molecule has 1 amide bonds. The molecule has 4 rings (SSSR count). The molecule has 130 valence electrons. The van der Waals surface area contributed by atoms with Crippen LogP contribution in [0.15, 0.2) is 36.4 Å². The topological polar surface area (TPSA) is 46.1 Å². The van der Waals surface area contributed by atoms with Gasteiger partial charge in [0.25, 0.3) is 5.91 Å². The summed E-state index contributed by atoms with van der Waals surface area (Å²) in [5.41, 5.74) is 2.88. The van der Waals surface area contributed by atoms with Gasteiger partial charge in [-0.15, -0.1) is 0 Å². The van der Waals surface area contributed by atoms with Crippen LogP contribution >= 0.6 is 0 Å². The minimum Gasteiger partial charge on any atom is -0.337 e. The highest BCUT2D eigenvalue weighted by Crippen LogP contribution is 2.38. The van der Waals surface area contributed by atoms with Gasteiger partial charge in [-0.2, -0.15) is 0 Å². The lowest BCUT2D eigenvalue weighted by Gasteiger charge is -2.32. The zero-order valence-corrected chi connectivity index (χ0v) is 14.8. The number of amides is 1. The fraction of sp³-hybridized carbons (Fsp3) is 0.476. The quantitative estimate of drug-likeness (QED) is 0.855. The van der Waals surface area contributed by atoms with Gasteiger partial charge in [-0.1, -0.05) is 30.3 Å². The molecule has 0 bridgehead atoms. The second-order valence-corrected chi connectivity index (χ2v) is 7.45. The van der Waals surface area contributed by atoms with Crippen molar-refractivity contribution in [3.63, 3.8) is 0 Å². The first kappa shape index (κ1) is 16.2. The maximum atomic E-state index is 12.8. The molecule has 0 spiro atoms. The molecule has 1 aliphatic heterocycles. The monoisotopic (exact) mass is 335 g/mol. The molecule has 1 aromatic carbocycles. The van der Waals surface area contributed by atoms with Crippen LogP contribution < -0.4 is 0 Å². The molecular formula is C21H25N3O. The Balaban J connectivity index is 1.38. The van der Waals surface area contributed by atoms with E-state index in [2.05, 4.69) is 40.3 Å². The third-order valence-corrected chi connectivity index (χ3v) is 5.30. The molecule has 4 heteroatoms. The fourth-order valence-corrected chi connectivity index (χ4v) is 3.67. The number of benzene rings is 1. The average Bonchev–Trinajstić information content (AvgIpc) is 3.47. The van der Waals surface area contributed by atoms with E-state index >= 15 is 0 Å². The number of likely N-dealkylation sites (tertiary alicyclic amines) is 1. The van der Waals surface area contributed by atoms with Gasteiger partial charge in [0, 0.05) is 24.7 Å². The molecule has 2 aromatic rings. The van der Waals surface area contributed by atoms with Gasteiger partial charge in [-0.3, -0.25) is 4.79 Å². The van der Waals surface area contributed by atoms with E-state index in [9.17, 15) is 4.79 Å². The summed E-state index contributed by atoms with van der Waals surface area (Å²) in [6.07, 6.45) is 5.56. The fourth-order valence-electron chi connectivity index (χ4n) is 3.67. The maximum Gasteiger partial charge on any atom is 0.272 e. The van der Waals surface area contributed by atoms with Crippen molar-refractivity contribution in [2.75, 3.05) is 13.1 Å². The number of nitrogens with zero attached hydrogens (tertiary/aromatic N) is 3. The highest BCUT2D eigenvalue weighted by atomic mass is 16.2. The third-order valence-electron chi connectivity index (χ3n) is 5.30. The first-order valence-electron chi connectivity index (χ1n) is 9.38. The summed E-state index contributed by atoms with van der Waals surface area (Å²) >= 11 is 0. The number of aromatic nitrogens is 2. The Morgan fingerprint density at radius 1 is 1.08 bits per heavy atom. The van der Waals surface area contributed by atoms with Crippen LogP contribution in [0.5, 0.6) is 0 Å². The van der Waals surface area contributed by atoms with E-state index in [0.717, 1.165) is 56.7 Å². The standard InChI is InChI=1S/C21H25N3O/c1-15-13-19(23-20(22-15)18-7-8-18)21(25)24-11-9-17(10-12-24)14-16-5-3-2-4-6-16/h2-6,13,17-18H,7-12,14H2,1H3. The first-order chi connectivity index (χ1) is 12.2. The number of carbonyl (C=O) groups excluding carboxylic acids is 1. The number of aryl methyl sites for hydroxylation is 1. The molecule has 2 heterocycles. The third kappa shape index (κ3) is 3.89. The van der Waals surface area contributed by atoms with Gasteiger partial charge >= 0.3 is 0 Å². The number of rotatable bonds is 4. The lowest BCUT2D eigenvalue weighted by molar-refractivity contribution is 0.0684. The summed E-state index contributed by atoms with van der Waals surface area (Å²) < 4.78 is 0. The molecule has 2 fully saturated rings. The second kappa shape index (κ2) is 6.95. The highest BCUT2D eigenvalue weighted by molar-refractivity contribution is 5.92. The Bertz CT molecular complexity index is 747. The van der Waals surface area contributed by atoms with Gasteiger partial charge in [0.05, 0.1) is 0 Å². The zero-order valence-electron chi connectivity index (χ0n) is 14.8. The SMILES string of the molecule is Cc1cc(C(=O)N2CCC(Cc3ccccc3)CC2)nc(C2CC2)n1. The Labute approximate surface area is 149 Å². The van der Waals surface area contributed by atoms with Crippen molar-refractivity contribution in [2.24, 2.45) is 5.92 Å². The number of carbonyl (C=O) groups is 1. The average molecular weight is 335 g/mol. The van der Waals surface area contributed by atoms with E-state index in [0.29, 0.717) is 17.5 Å². The molecule has 0 radical (unpaired) electrons. The number of hydrogen-bond donors (Lipinski definition) is 0. The van der Waals surface area contributed by atoms with E-state index in [4.69, 9.17) is 0 Å². The summed E-state index contributed by atoms with van der Waals surface area (Å²) in [6, 6.07) is 12.5. The molecule has 1 aromatic heterocycles. The van der Waals surface area contributed by atoms with Crippen molar-refractivity contribution >= 4 is 5.91 Å². The van der Waals surface area contributed by atoms with Crippen molar-refractivity contribution in [1.29, 1.82) is 0 Å². The number of hydrogen-bond acceptors (Lipinski definition) is 3. The summed E-state index contributed by atoms with van der Waals surface area (Å²) in [5.74, 6) is 2.08. The van der Waals surface area contributed by atoms with Crippen LogP contribution in [0.25, 0.3) is 0 Å². The predicted octanol–water partition coefficient (Wildman–Crippen LogP) is 3.76. The summed E-state index contributed by atoms with van der Waals surface area (Å²) in [7, 11) is 0. The molecule has 0 atom stereocenters. The van der Waals surface area contributed by atoms with Crippen molar-refractivity contribution in [3.8, 4) is 0 Å². The minimum atomic E-state index is 0.0746. The van der Waals surface area contributed by atoms with Crippen molar-refractivity contribution in [1.82, 2.24) is 14.9 Å². The van der Waals surface area contributed by atoms with Gasteiger partial charge in [0.2, 0.25) is 0 Å². The van der Waals surface area contributed by atoms with Crippen LogP contribution in [0, 0.1) is 12.8 Å². The molecule has 25 heavy (non-hydrogen) atoms. The number of piperidine rings is 1. The zero-order chi connectivity index (χ0) is 17.2. The Kier molecular flexibility index (Phi) is 4.51. The molecule has 1 saturated heterocycles. The summed E-state index contributed by atoms with van der Waals surface area (Å²) in [5, 5.41) is 0. The molecular weight excluding hydrogens is 310 g/mol. The maximum absolute atomic E-state index is 12.8. The van der Waals surface area contributed by atoms with Crippen molar-refractivity contribution < 1.29 is 4.79 Å². The molecule has 0 unspecified atom stereocenters. The largest absolute Gasteiger partial charge is 0.337 e. The van der Waals surface area contributed by atoms with Crippen LogP contribution in [0.1, 0.15) is 59.2 Å². The summed E-state index contributed by atoms with van der Waals surface area (Å²) in [4.78, 5) is 23.9. The van der Waals surface area contributed by atoms with E-state index in [1.165, 1.54) is 5.56 Å².